The summed E-state index contributed by atoms with van der Waals surface area (Å²) in [4.78, 5) is 17.7. The highest BCUT2D eigenvalue weighted by Crippen LogP contribution is 2.34. The molecule has 0 bridgehead atoms. The monoisotopic (exact) mass is 220 g/mol. The maximum absolute atomic E-state index is 11.5. The highest BCUT2D eigenvalue weighted by atomic mass is 16.4. The van der Waals surface area contributed by atoms with Crippen LogP contribution < -0.4 is 0 Å². The van der Waals surface area contributed by atoms with Crippen molar-refractivity contribution in [2.75, 3.05) is 20.1 Å². The summed E-state index contributed by atoms with van der Waals surface area (Å²) in [6, 6.07) is 3.67. The maximum Gasteiger partial charge on any atom is 0.314 e. The molecule has 1 aromatic heterocycles. The number of carboxylic acid groups (broad SMARTS) is 1. The largest absolute Gasteiger partial charge is 0.481 e. The zero-order chi connectivity index (χ0) is 11.6. The number of piperidine rings is 1. The van der Waals surface area contributed by atoms with Crippen molar-refractivity contribution in [2.24, 2.45) is 0 Å². The standard InChI is InChI=1S/C12H16N2O2/c1-14-7-4-12(5-8-14,11(15)16)10-3-2-6-13-9-10/h2-3,6,9H,4-5,7-8H2,1H3,(H,15,16). The van der Waals surface area contributed by atoms with Crippen LogP contribution in [0.2, 0.25) is 0 Å². The second kappa shape index (κ2) is 4.22. The molecule has 1 fully saturated rings. The van der Waals surface area contributed by atoms with Gasteiger partial charge >= 0.3 is 5.97 Å². The summed E-state index contributed by atoms with van der Waals surface area (Å²) in [5, 5.41) is 9.48. The summed E-state index contributed by atoms with van der Waals surface area (Å²) in [7, 11) is 2.02. The van der Waals surface area contributed by atoms with Crippen LogP contribution in [0.25, 0.3) is 0 Å². The molecule has 16 heavy (non-hydrogen) atoms. The third-order valence-electron chi connectivity index (χ3n) is 3.46. The van der Waals surface area contributed by atoms with Crippen molar-refractivity contribution in [3.8, 4) is 0 Å². The van der Waals surface area contributed by atoms with Crippen LogP contribution in [0.15, 0.2) is 24.5 Å². The van der Waals surface area contributed by atoms with Crippen LogP contribution in [0.5, 0.6) is 0 Å². The first-order valence-electron chi connectivity index (χ1n) is 5.47. The molecule has 1 saturated heterocycles. The summed E-state index contributed by atoms with van der Waals surface area (Å²) in [5.41, 5.74) is 0.0939. The van der Waals surface area contributed by atoms with Crippen LogP contribution in [0.3, 0.4) is 0 Å². The minimum Gasteiger partial charge on any atom is -0.481 e. The first kappa shape index (κ1) is 11.1. The van der Waals surface area contributed by atoms with Gasteiger partial charge < -0.3 is 10.0 Å². The summed E-state index contributed by atoms with van der Waals surface area (Å²) in [6.45, 7) is 1.64. The summed E-state index contributed by atoms with van der Waals surface area (Å²) >= 11 is 0. The molecule has 0 radical (unpaired) electrons. The average molecular weight is 220 g/mol. The number of aliphatic carboxylic acids is 1. The molecule has 1 aliphatic heterocycles. The van der Waals surface area contributed by atoms with E-state index in [1.54, 1.807) is 18.5 Å². The van der Waals surface area contributed by atoms with Gasteiger partial charge in [-0.15, -0.1) is 0 Å². The summed E-state index contributed by atoms with van der Waals surface area (Å²) in [6.07, 6.45) is 4.67. The average Bonchev–Trinajstić information content (AvgIpc) is 2.31. The van der Waals surface area contributed by atoms with E-state index in [-0.39, 0.29) is 0 Å². The lowest BCUT2D eigenvalue weighted by atomic mass is 9.73. The van der Waals surface area contributed by atoms with Crippen LogP contribution in [-0.4, -0.2) is 41.1 Å². The topological polar surface area (TPSA) is 53.4 Å². The van der Waals surface area contributed by atoms with E-state index in [0.29, 0.717) is 12.8 Å². The highest BCUT2D eigenvalue weighted by molar-refractivity contribution is 5.81. The number of aromatic nitrogens is 1. The van der Waals surface area contributed by atoms with Crippen molar-refractivity contribution in [1.82, 2.24) is 9.88 Å². The molecule has 0 amide bonds. The van der Waals surface area contributed by atoms with E-state index in [0.717, 1.165) is 18.7 Å². The van der Waals surface area contributed by atoms with E-state index < -0.39 is 11.4 Å². The van der Waals surface area contributed by atoms with E-state index >= 15 is 0 Å². The Kier molecular flexibility index (Phi) is 2.92. The molecule has 1 N–H and O–H groups in total. The molecule has 0 atom stereocenters. The second-order valence-electron chi connectivity index (χ2n) is 4.43. The second-order valence-corrected chi connectivity index (χ2v) is 4.43. The normalized spacial score (nSPS) is 20.6. The molecule has 0 saturated carbocycles. The Morgan fingerprint density at radius 2 is 2.19 bits per heavy atom. The van der Waals surface area contributed by atoms with Crippen LogP contribution in [-0.2, 0) is 10.2 Å². The molecule has 0 aliphatic carbocycles. The third kappa shape index (κ3) is 1.80. The van der Waals surface area contributed by atoms with Gasteiger partial charge in [0.2, 0.25) is 0 Å². The first-order chi connectivity index (χ1) is 7.65. The number of carboxylic acids is 1. The number of carbonyl (C=O) groups is 1. The number of likely N-dealkylation sites (tertiary alicyclic amines) is 1. The predicted molar refractivity (Wildman–Crippen MR) is 60.3 cm³/mol. The molecule has 4 heteroatoms. The van der Waals surface area contributed by atoms with E-state index in [1.807, 2.05) is 13.1 Å². The zero-order valence-electron chi connectivity index (χ0n) is 9.39. The maximum atomic E-state index is 11.5. The van der Waals surface area contributed by atoms with Gasteiger partial charge in [0.15, 0.2) is 0 Å². The van der Waals surface area contributed by atoms with Gasteiger partial charge in [-0.3, -0.25) is 9.78 Å². The van der Waals surface area contributed by atoms with Gasteiger partial charge in [0.05, 0.1) is 5.41 Å². The van der Waals surface area contributed by atoms with Crippen molar-refractivity contribution in [3.05, 3.63) is 30.1 Å². The fourth-order valence-corrected chi connectivity index (χ4v) is 2.27. The molecule has 0 unspecified atom stereocenters. The molecular formula is C12H16N2O2. The van der Waals surface area contributed by atoms with E-state index in [4.69, 9.17) is 0 Å². The Morgan fingerprint density at radius 3 is 2.69 bits per heavy atom. The van der Waals surface area contributed by atoms with E-state index in [1.165, 1.54) is 0 Å². The minimum atomic E-state index is -0.735. The molecule has 0 spiro atoms. The Balaban J connectivity index is 2.34. The lowest BCUT2D eigenvalue weighted by molar-refractivity contribution is -0.145. The van der Waals surface area contributed by atoms with E-state index in [9.17, 15) is 9.90 Å². The lowest BCUT2D eigenvalue weighted by Gasteiger charge is -2.37. The summed E-state index contributed by atoms with van der Waals surface area (Å²) < 4.78 is 0. The lowest BCUT2D eigenvalue weighted by Crippen LogP contribution is -2.46. The van der Waals surface area contributed by atoms with Gasteiger partial charge in [-0.25, -0.2) is 0 Å². The van der Waals surface area contributed by atoms with Gasteiger partial charge in [0.25, 0.3) is 0 Å². The number of nitrogens with zero attached hydrogens (tertiary/aromatic N) is 2. The molecular weight excluding hydrogens is 204 g/mol. The molecule has 1 aliphatic rings. The smallest absolute Gasteiger partial charge is 0.314 e. The predicted octanol–water partition coefficient (Wildman–Crippen LogP) is 1.13. The van der Waals surface area contributed by atoms with Gasteiger partial charge in [-0.05, 0) is 44.6 Å². The Morgan fingerprint density at radius 1 is 1.50 bits per heavy atom. The van der Waals surface area contributed by atoms with Crippen LogP contribution in [0.1, 0.15) is 18.4 Å². The number of hydrogen-bond acceptors (Lipinski definition) is 3. The highest BCUT2D eigenvalue weighted by Gasteiger charge is 2.42. The van der Waals surface area contributed by atoms with Crippen molar-refractivity contribution in [3.63, 3.8) is 0 Å². The summed E-state index contributed by atoms with van der Waals surface area (Å²) in [5.74, 6) is -0.728. The first-order valence-corrected chi connectivity index (χ1v) is 5.47. The Bertz CT molecular complexity index is 370. The number of hydrogen-bond donors (Lipinski definition) is 1. The molecule has 4 nitrogen and oxygen atoms in total. The van der Waals surface area contributed by atoms with Gasteiger partial charge in [0, 0.05) is 12.4 Å². The van der Waals surface area contributed by atoms with Crippen molar-refractivity contribution in [2.45, 2.75) is 18.3 Å². The van der Waals surface area contributed by atoms with Crippen LogP contribution in [0.4, 0.5) is 0 Å². The molecule has 2 heterocycles. The van der Waals surface area contributed by atoms with Gasteiger partial charge in [-0.2, -0.15) is 0 Å². The number of rotatable bonds is 2. The Hall–Kier alpha value is -1.42. The van der Waals surface area contributed by atoms with Crippen molar-refractivity contribution in [1.29, 1.82) is 0 Å². The Labute approximate surface area is 94.9 Å². The van der Waals surface area contributed by atoms with E-state index in [2.05, 4.69) is 9.88 Å². The zero-order valence-corrected chi connectivity index (χ0v) is 9.39. The molecule has 0 aromatic carbocycles. The van der Waals surface area contributed by atoms with Gasteiger partial charge in [-0.1, -0.05) is 6.07 Å². The van der Waals surface area contributed by atoms with Crippen molar-refractivity contribution < 1.29 is 9.90 Å². The fourth-order valence-electron chi connectivity index (χ4n) is 2.27. The fraction of sp³-hybridized carbons (Fsp3) is 0.500. The van der Waals surface area contributed by atoms with Gasteiger partial charge in [0.1, 0.15) is 0 Å². The number of pyridine rings is 1. The SMILES string of the molecule is CN1CCC(C(=O)O)(c2cccnc2)CC1. The van der Waals surface area contributed by atoms with Crippen LogP contribution >= 0.6 is 0 Å². The third-order valence-corrected chi connectivity index (χ3v) is 3.46. The molecule has 86 valence electrons. The van der Waals surface area contributed by atoms with Crippen molar-refractivity contribution >= 4 is 5.97 Å². The molecule has 1 aromatic rings. The quantitative estimate of drug-likeness (QED) is 0.811. The van der Waals surface area contributed by atoms with Crippen LogP contribution in [0, 0.1) is 0 Å². The molecule has 2 rings (SSSR count). The minimum absolute atomic E-state index is 0.657.